The third kappa shape index (κ3) is 11.4. The molecule has 9 N–H and O–H groups in total. The van der Waals surface area contributed by atoms with Crippen molar-refractivity contribution in [2.45, 2.75) is 87.1 Å². The maximum absolute atomic E-state index is 12.3. The molecule has 0 spiro atoms. The molecule has 21 nitrogen and oxygen atoms in total. The smallest absolute Gasteiger partial charge is 0.475 e. The van der Waals surface area contributed by atoms with Gasteiger partial charge in [0.1, 0.15) is 48.4 Å². The molecule has 0 amide bonds. The molecule has 0 radical (unpaired) electrons. The predicted octanol–water partition coefficient (Wildman–Crippen LogP) is -2.54. The SMILES string of the molecule is NC[C@H]1O[C@@H](O[C@@H](c2cn(CCCn3ccnc3)nn2)[C@H]2O[C@@H](n3ccc(=O)[nH]c3=O)[C@H](O)[C@@H]2O)[C@H](O)[C@@H]1O.O=C(O)C(F)(F)F.O=C(O)C(F)(F)F. The van der Waals surface area contributed by atoms with E-state index in [1.54, 1.807) is 23.4 Å². The van der Waals surface area contributed by atoms with Crippen LogP contribution in [0.1, 0.15) is 24.4 Å². The number of ether oxygens (including phenoxy) is 3. The zero-order valence-electron chi connectivity index (χ0n) is 26.6. The Morgan fingerprint density at radius 2 is 1.57 bits per heavy atom. The number of carboxylic acid groups (broad SMARTS) is 2. The number of aromatic nitrogens is 7. The molecule has 296 valence electrons. The number of halogens is 6. The lowest BCUT2D eigenvalue weighted by atomic mass is 10.0. The molecular formula is C26H32F6N8O13. The van der Waals surface area contributed by atoms with Crippen LogP contribution in [0.25, 0.3) is 0 Å². The highest BCUT2D eigenvalue weighted by Crippen LogP contribution is 2.39. The van der Waals surface area contributed by atoms with E-state index in [4.69, 9.17) is 39.7 Å². The molecule has 0 saturated carbocycles. The molecule has 2 saturated heterocycles. The second-order valence-electron chi connectivity index (χ2n) is 11.0. The lowest BCUT2D eigenvalue weighted by molar-refractivity contribution is -0.224. The van der Waals surface area contributed by atoms with Crippen molar-refractivity contribution in [3.05, 3.63) is 63.7 Å². The fourth-order valence-electron chi connectivity index (χ4n) is 4.66. The van der Waals surface area contributed by atoms with Gasteiger partial charge in [-0.25, -0.2) is 19.4 Å². The van der Waals surface area contributed by atoms with Gasteiger partial charge in [0, 0.05) is 44.3 Å². The highest BCUT2D eigenvalue weighted by Gasteiger charge is 2.52. The van der Waals surface area contributed by atoms with Gasteiger partial charge in [0.15, 0.2) is 12.5 Å². The first kappa shape index (κ1) is 42.6. The molecule has 0 bridgehead atoms. The normalized spacial score (nSPS) is 26.2. The van der Waals surface area contributed by atoms with E-state index in [0.717, 1.165) is 16.8 Å². The first-order valence-corrected chi connectivity index (χ1v) is 14.8. The molecule has 0 aliphatic carbocycles. The number of nitrogens with two attached hydrogens (primary N) is 1. The summed E-state index contributed by atoms with van der Waals surface area (Å²) in [6.45, 7) is 1.07. The van der Waals surface area contributed by atoms with Gasteiger partial charge in [0.05, 0.1) is 12.5 Å². The van der Waals surface area contributed by atoms with Gasteiger partial charge in [-0.05, 0) is 6.42 Å². The maximum atomic E-state index is 12.3. The van der Waals surface area contributed by atoms with Crippen LogP contribution in [0.15, 0.2) is 46.8 Å². The minimum absolute atomic E-state index is 0.0890. The number of hydrogen-bond donors (Lipinski definition) is 8. The van der Waals surface area contributed by atoms with Gasteiger partial charge in [-0.1, -0.05) is 5.21 Å². The van der Waals surface area contributed by atoms with Gasteiger partial charge in [0.25, 0.3) is 5.56 Å². The zero-order chi connectivity index (χ0) is 39.8. The van der Waals surface area contributed by atoms with Crippen LogP contribution >= 0.6 is 0 Å². The van der Waals surface area contributed by atoms with E-state index in [1.165, 1.54) is 0 Å². The average Bonchev–Trinajstić information content (AvgIpc) is 3.87. The molecule has 2 fully saturated rings. The summed E-state index contributed by atoms with van der Waals surface area (Å²) in [5, 5.41) is 64.9. The van der Waals surface area contributed by atoms with Crippen molar-refractivity contribution in [1.82, 2.24) is 34.1 Å². The number of aromatic amines is 1. The lowest BCUT2D eigenvalue weighted by Crippen LogP contribution is -2.40. The number of carboxylic acids is 2. The van der Waals surface area contributed by atoms with Gasteiger partial charge < -0.3 is 55.2 Å². The monoisotopic (exact) mass is 778 g/mol. The summed E-state index contributed by atoms with van der Waals surface area (Å²) in [6, 6.07) is 1.07. The second-order valence-corrected chi connectivity index (χ2v) is 11.0. The van der Waals surface area contributed by atoms with E-state index in [0.29, 0.717) is 19.5 Å². The van der Waals surface area contributed by atoms with Crippen LogP contribution in [-0.4, -0.2) is 138 Å². The number of alkyl halides is 6. The van der Waals surface area contributed by atoms with E-state index in [1.807, 2.05) is 10.8 Å². The number of carbonyl (C=O) groups is 2. The summed E-state index contributed by atoms with van der Waals surface area (Å²) in [7, 11) is 0. The number of aliphatic hydroxyl groups excluding tert-OH is 4. The molecule has 5 rings (SSSR count). The molecule has 53 heavy (non-hydrogen) atoms. The molecule has 0 aromatic carbocycles. The number of aliphatic carboxylic acids is 2. The Morgan fingerprint density at radius 1 is 0.943 bits per heavy atom. The second kappa shape index (κ2) is 17.8. The number of imidazole rings is 1. The third-order valence-electron chi connectivity index (χ3n) is 7.23. The minimum atomic E-state index is -5.08. The summed E-state index contributed by atoms with van der Waals surface area (Å²) in [4.78, 5) is 47.7. The molecule has 0 unspecified atom stereocenters. The third-order valence-corrected chi connectivity index (χ3v) is 7.23. The van der Waals surface area contributed by atoms with Crippen molar-refractivity contribution in [1.29, 1.82) is 0 Å². The molecule has 2 aliphatic heterocycles. The van der Waals surface area contributed by atoms with Crippen LogP contribution in [0.5, 0.6) is 0 Å². The Bertz CT molecular complexity index is 1730. The van der Waals surface area contributed by atoms with Gasteiger partial charge in [-0.15, -0.1) is 5.10 Å². The number of H-pyrrole nitrogens is 1. The molecule has 3 aromatic heterocycles. The number of nitrogens with zero attached hydrogens (tertiary/aromatic N) is 6. The van der Waals surface area contributed by atoms with E-state index in [-0.39, 0.29) is 12.2 Å². The van der Waals surface area contributed by atoms with Crippen molar-refractivity contribution in [3.63, 3.8) is 0 Å². The number of hydrogen-bond acceptors (Lipinski definition) is 15. The molecule has 9 atom stereocenters. The van der Waals surface area contributed by atoms with E-state index < -0.39 is 90.8 Å². The van der Waals surface area contributed by atoms with Crippen LogP contribution < -0.4 is 17.0 Å². The lowest BCUT2D eigenvalue weighted by Gasteiger charge is -2.28. The summed E-state index contributed by atoms with van der Waals surface area (Å²) in [5.41, 5.74) is 4.27. The largest absolute Gasteiger partial charge is 0.490 e. The number of rotatable bonds is 10. The molecule has 2 aliphatic rings. The van der Waals surface area contributed by atoms with E-state index in [2.05, 4.69) is 20.3 Å². The van der Waals surface area contributed by atoms with Crippen molar-refractivity contribution in [3.8, 4) is 0 Å². The minimum Gasteiger partial charge on any atom is -0.475 e. The first-order valence-electron chi connectivity index (χ1n) is 14.8. The topological polar surface area (TPSA) is 313 Å². The van der Waals surface area contributed by atoms with Crippen molar-refractivity contribution >= 4 is 11.9 Å². The van der Waals surface area contributed by atoms with Crippen LogP contribution in [0, 0.1) is 0 Å². The Morgan fingerprint density at radius 3 is 2.08 bits per heavy atom. The standard InChI is InChI=1S/C22H30N8O9.2C2HF3O2/c23-8-12-14(32)17(35)21(37-12)39-18(11-9-29(27-26-11)5-1-4-28-7-3-24-10-28)19-15(33)16(34)20(38-19)30-6-2-13(31)25-22(30)36;2*3-2(4,5)1(6)7/h2-3,6-7,9-10,12,14-21,32-35H,1,4-5,8,23H2,(H,25,31,36);2*(H,6,7)/t12-,14-,15+,16-,17-,18+,19+,20-,21+;;/m1../s1. The Labute approximate surface area is 290 Å². The molecule has 5 heterocycles. The number of nitrogens with one attached hydrogen (secondary N) is 1. The van der Waals surface area contributed by atoms with Crippen molar-refractivity contribution in [2.24, 2.45) is 5.73 Å². The predicted molar refractivity (Wildman–Crippen MR) is 155 cm³/mol. The van der Waals surface area contributed by atoms with E-state index >= 15 is 0 Å². The molecule has 27 heteroatoms. The number of aryl methyl sites for hydroxylation is 2. The summed E-state index contributed by atoms with van der Waals surface area (Å²) in [5.74, 6) is -5.51. The van der Waals surface area contributed by atoms with Crippen LogP contribution in [0.4, 0.5) is 26.3 Å². The fraction of sp³-hybridized carbons (Fsp3) is 0.577. The van der Waals surface area contributed by atoms with E-state index in [9.17, 15) is 56.4 Å². The Kier molecular flexibility index (Phi) is 14.3. The van der Waals surface area contributed by atoms with Gasteiger partial charge >= 0.3 is 30.0 Å². The van der Waals surface area contributed by atoms with Crippen LogP contribution in [0.3, 0.4) is 0 Å². The summed E-state index contributed by atoms with van der Waals surface area (Å²) >= 11 is 0. The summed E-state index contributed by atoms with van der Waals surface area (Å²) in [6.07, 6.45) is -13.9. The highest BCUT2D eigenvalue weighted by atomic mass is 19.4. The van der Waals surface area contributed by atoms with Gasteiger partial charge in [-0.3, -0.25) is 19.0 Å². The maximum Gasteiger partial charge on any atom is 0.490 e. The summed E-state index contributed by atoms with van der Waals surface area (Å²) < 4.78 is 85.3. The fourth-order valence-corrected chi connectivity index (χ4v) is 4.66. The molecule has 3 aromatic rings. The number of aliphatic hydroxyl groups is 4. The van der Waals surface area contributed by atoms with Gasteiger partial charge in [0.2, 0.25) is 0 Å². The van der Waals surface area contributed by atoms with Crippen molar-refractivity contribution in [2.75, 3.05) is 6.54 Å². The Balaban J connectivity index is 0.000000458. The Hall–Kier alpha value is -4.77. The zero-order valence-corrected chi connectivity index (χ0v) is 26.6. The van der Waals surface area contributed by atoms with Crippen molar-refractivity contribution < 1.29 is 80.8 Å². The average molecular weight is 779 g/mol. The molecular weight excluding hydrogens is 746 g/mol. The highest BCUT2D eigenvalue weighted by molar-refractivity contribution is 5.73. The first-order chi connectivity index (χ1) is 24.6. The van der Waals surface area contributed by atoms with Crippen LogP contribution in [0.2, 0.25) is 0 Å². The van der Waals surface area contributed by atoms with Gasteiger partial charge in [-0.2, -0.15) is 26.3 Å². The van der Waals surface area contributed by atoms with Crippen LogP contribution in [-0.2, 0) is 36.9 Å². The quantitative estimate of drug-likeness (QED) is 0.0984.